The maximum Gasteiger partial charge on any atom is 0.318 e. The first kappa shape index (κ1) is 19.0. The topological polar surface area (TPSA) is 141 Å². The van der Waals surface area contributed by atoms with Gasteiger partial charge in [-0.15, -0.1) is 0 Å². The van der Waals surface area contributed by atoms with Gasteiger partial charge in [-0.3, -0.25) is 24.5 Å². The molecule has 0 radical (unpaired) electrons. The van der Waals surface area contributed by atoms with Gasteiger partial charge in [0.2, 0.25) is 21.8 Å². The molecular weight excluding hydrogens is 378 g/mol. The van der Waals surface area contributed by atoms with Crippen molar-refractivity contribution in [2.75, 3.05) is 13.6 Å². The summed E-state index contributed by atoms with van der Waals surface area (Å²) in [5.74, 6) is -2.83. The summed E-state index contributed by atoms with van der Waals surface area (Å²) in [6.07, 6.45) is 0.244. The monoisotopic (exact) mass is 395 g/mol. The van der Waals surface area contributed by atoms with Crippen molar-refractivity contribution in [3.05, 3.63) is 29.3 Å². The van der Waals surface area contributed by atoms with Crippen LogP contribution in [0, 0.1) is 0 Å². The van der Waals surface area contributed by atoms with E-state index < -0.39 is 46.3 Å². The molecule has 2 aliphatic heterocycles. The molecule has 1 fully saturated rings. The van der Waals surface area contributed by atoms with Gasteiger partial charge in [-0.25, -0.2) is 8.42 Å². The first-order valence-corrected chi connectivity index (χ1v) is 9.51. The summed E-state index contributed by atoms with van der Waals surface area (Å²) in [4.78, 5) is 48.0. The Balaban J connectivity index is 1.96. The Hall–Kier alpha value is -2.79. The van der Waals surface area contributed by atoms with Crippen molar-refractivity contribution < 1.29 is 32.7 Å². The number of fused-ring (bicyclic) bond motifs is 1. The van der Waals surface area contributed by atoms with Crippen molar-refractivity contribution in [2.24, 2.45) is 0 Å². The summed E-state index contributed by atoms with van der Waals surface area (Å²) in [6.45, 7) is -0.840. The lowest BCUT2D eigenvalue weighted by Crippen LogP contribution is -2.52. The largest absolute Gasteiger partial charge is 0.480 e. The van der Waals surface area contributed by atoms with Gasteiger partial charge in [0, 0.05) is 31.1 Å². The third-order valence-electron chi connectivity index (χ3n) is 4.59. The Bertz CT molecular complexity index is 957. The van der Waals surface area contributed by atoms with Crippen molar-refractivity contribution in [1.82, 2.24) is 14.5 Å². The number of sulfonamides is 1. The average Bonchev–Trinajstić information content (AvgIpc) is 2.91. The molecule has 3 amide bonds. The minimum absolute atomic E-state index is 0.0863. The molecule has 11 heteroatoms. The Morgan fingerprint density at radius 2 is 2.04 bits per heavy atom. The van der Waals surface area contributed by atoms with Crippen LogP contribution in [0.1, 0.15) is 28.8 Å². The second-order valence-corrected chi connectivity index (χ2v) is 8.35. The van der Waals surface area contributed by atoms with Gasteiger partial charge in [-0.05, 0) is 18.6 Å². The first-order valence-electron chi connectivity index (χ1n) is 8.07. The van der Waals surface area contributed by atoms with E-state index in [-0.39, 0.29) is 35.4 Å². The SMILES string of the molecule is CN(CC(=O)O)S(=O)(=O)c1cccc2c1CN(C1CCC(=O)NC1=O)C2=O. The van der Waals surface area contributed by atoms with E-state index in [2.05, 4.69) is 5.32 Å². The van der Waals surface area contributed by atoms with Gasteiger partial charge in [-0.2, -0.15) is 4.31 Å². The fourth-order valence-electron chi connectivity index (χ4n) is 3.24. The predicted molar refractivity (Wildman–Crippen MR) is 89.9 cm³/mol. The van der Waals surface area contributed by atoms with Crippen LogP contribution < -0.4 is 5.32 Å². The maximum atomic E-state index is 12.7. The fraction of sp³-hybridized carbons (Fsp3) is 0.375. The number of likely N-dealkylation sites (N-methyl/N-ethyl adjacent to an activating group) is 1. The number of carbonyl (C=O) groups excluding carboxylic acids is 3. The highest BCUT2D eigenvalue weighted by atomic mass is 32.2. The molecule has 1 saturated heterocycles. The molecule has 3 rings (SSSR count). The number of hydrogen-bond acceptors (Lipinski definition) is 6. The summed E-state index contributed by atoms with van der Waals surface area (Å²) >= 11 is 0. The van der Waals surface area contributed by atoms with E-state index in [1.165, 1.54) is 23.1 Å². The molecule has 2 heterocycles. The van der Waals surface area contributed by atoms with Crippen LogP contribution >= 0.6 is 0 Å². The molecule has 1 unspecified atom stereocenters. The molecule has 10 nitrogen and oxygen atoms in total. The zero-order valence-electron chi connectivity index (χ0n) is 14.3. The van der Waals surface area contributed by atoms with Crippen LogP contribution in [0.4, 0.5) is 0 Å². The smallest absolute Gasteiger partial charge is 0.318 e. The highest BCUT2D eigenvalue weighted by Gasteiger charge is 2.41. The van der Waals surface area contributed by atoms with Gasteiger partial charge in [0.15, 0.2) is 0 Å². The van der Waals surface area contributed by atoms with Gasteiger partial charge in [0.05, 0.1) is 4.90 Å². The molecule has 0 spiro atoms. The number of carbonyl (C=O) groups is 4. The molecule has 1 aromatic carbocycles. The van der Waals surface area contributed by atoms with Crippen molar-refractivity contribution in [1.29, 1.82) is 0 Å². The third kappa shape index (κ3) is 3.30. The highest BCUT2D eigenvalue weighted by molar-refractivity contribution is 7.89. The predicted octanol–water partition coefficient (Wildman–Crippen LogP) is -0.847. The van der Waals surface area contributed by atoms with E-state index in [4.69, 9.17) is 5.11 Å². The second-order valence-electron chi connectivity index (χ2n) is 6.34. The number of piperidine rings is 1. The molecule has 0 aliphatic carbocycles. The summed E-state index contributed by atoms with van der Waals surface area (Å²) < 4.78 is 26.2. The van der Waals surface area contributed by atoms with E-state index in [0.29, 0.717) is 4.31 Å². The summed E-state index contributed by atoms with van der Waals surface area (Å²) in [5, 5.41) is 11.0. The number of nitrogens with one attached hydrogen (secondary N) is 1. The Morgan fingerprint density at radius 3 is 2.67 bits per heavy atom. The number of amides is 3. The zero-order chi connectivity index (χ0) is 19.9. The Kier molecular flexibility index (Phi) is 4.74. The summed E-state index contributed by atoms with van der Waals surface area (Å²) in [6, 6.07) is 3.29. The number of benzene rings is 1. The number of imide groups is 1. The van der Waals surface area contributed by atoms with Crippen LogP contribution in [0.2, 0.25) is 0 Å². The number of aliphatic carboxylic acids is 1. The van der Waals surface area contributed by atoms with E-state index >= 15 is 0 Å². The van der Waals surface area contributed by atoms with Crippen LogP contribution in [0.5, 0.6) is 0 Å². The third-order valence-corrected chi connectivity index (χ3v) is 6.47. The van der Waals surface area contributed by atoms with Gasteiger partial charge in [-0.1, -0.05) is 6.07 Å². The number of nitrogens with zero attached hydrogens (tertiary/aromatic N) is 2. The van der Waals surface area contributed by atoms with Crippen LogP contribution in [0.15, 0.2) is 23.1 Å². The van der Waals surface area contributed by atoms with Gasteiger partial charge >= 0.3 is 5.97 Å². The van der Waals surface area contributed by atoms with E-state index in [1.54, 1.807) is 0 Å². The average molecular weight is 395 g/mol. The number of hydrogen-bond donors (Lipinski definition) is 2. The molecule has 1 atom stereocenters. The van der Waals surface area contributed by atoms with Gasteiger partial charge in [0.25, 0.3) is 5.91 Å². The second kappa shape index (κ2) is 6.74. The molecule has 2 N–H and O–H groups in total. The highest BCUT2D eigenvalue weighted by Crippen LogP contribution is 2.32. The lowest BCUT2D eigenvalue weighted by molar-refractivity contribution is -0.138. The molecule has 27 heavy (non-hydrogen) atoms. The summed E-state index contributed by atoms with van der Waals surface area (Å²) in [7, 11) is -3.00. The van der Waals surface area contributed by atoms with Gasteiger partial charge in [0.1, 0.15) is 12.6 Å². The van der Waals surface area contributed by atoms with E-state index in [9.17, 15) is 27.6 Å². The normalized spacial score (nSPS) is 20.0. The van der Waals surface area contributed by atoms with Crippen LogP contribution in [0.25, 0.3) is 0 Å². The molecule has 144 valence electrons. The van der Waals surface area contributed by atoms with Crippen molar-refractivity contribution >= 4 is 33.7 Å². The maximum absolute atomic E-state index is 12.7. The molecule has 2 aliphatic rings. The molecule has 0 bridgehead atoms. The van der Waals surface area contributed by atoms with E-state index in [0.717, 1.165) is 7.05 Å². The molecule has 0 aromatic heterocycles. The zero-order valence-corrected chi connectivity index (χ0v) is 15.2. The Morgan fingerprint density at radius 1 is 1.33 bits per heavy atom. The lowest BCUT2D eigenvalue weighted by Gasteiger charge is -2.29. The fourth-order valence-corrected chi connectivity index (χ4v) is 4.59. The quantitative estimate of drug-likeness (QED) is 0.619. The van der Waals surface area contributed by atoms with E-state index in [1.807, 2.05) is 0 Å². The van der Waals surface area contributed by atoms with Crippen LogP contribution in [0.3, 0.4) is 0 Å². The van der Waals surface area contributed by atoms with Gasteiger partial charge < -0.3 is 10.0 Å². The number of carboxylic acid groups (broad SMARTS) is 1. The first-order chi connectivity index (χ1) is 12.6. The molecule has 0 saturated carbocycles. The van der Waals surface area contributed by atoms with Crippen molar-refractivity contribution in [2.45, 2.75) is 30.3 Å². The Labute approximate surface area is 154 Å². The number of carboxylic acids is 1. The molecule has 1 aromatic rings. The minimum atomic E-state index is -4.14. The number of rotatable bonds is 5. The van der Waals surface area contributed by atoms with Crippen molar-refractivity contribution in [3.8, 4) is 0 Å². The minimum Gasteiger partial charge on any atom is -0.480 e. The van der Waals surface area contributed by atoms with Crippen LogP contribution in [-0.4, -0.2) is 66.1 Å². The van der Waals surface area contributed by atoms with Crippen LogP contribution in [-0.2, 0) is 31.0 Å². The molecular formula is C16H17N3O7S. The van der Waals surface area contributed by atoms with Crippen molar-refractivity contribution in [3.63, 3.8) is 0 Å². The lowest BCUT2D eigenvalue weighted by atomic mass is 10.0. The summed E-state index contributed by atoms with van der Waals surface area (Å²) in [5.41, 5.74) is 0.355. The standard InChI is InChI=1S/C16H17N3O7S/c1-18(8-14(21)22)27(25,26)12-4-2-3-9-10(12)7-19(16(9)24)11-5-6-13(20)17-15(11)23/h2-4,11H,5-8H2,1H3,(H,21,22)(H,17,20,23).